The third kappa shape index (κ3) is 6.00. The van der Waals surface area contributed by atoms with Crippen molar-refractivity contribution in [1.29, 1.82) is 0 Å². The van der Waals surface area contributed by atoms with E-state index in [1.807, 2.05) is 22.7 Å². The van der Waals surface area contributed by atoms with Crippen LogP contribution in [0.25, 0.3) is 28.1 Å². The summed E-state index contributed by atoms with van der Waals surface area (Å²) in [6.45, 7) is 3.85. The normalized spacial score (nSPS) is 15.1. The molecular formula is C34H32F3N11O5. The van der Waals surface area contributed by atoms with Gasteiger partial charge in [0.25, 0.3) is 11.5 Å². The number of aromatic hydroxyl groups is 1. The summed E-state index contributed by atoms with van der Waals surface area (Å²) in [6.07, 6.45) is 3.41. The zero-order chi connectivity index (χ0) is 37.2. The smallest absolute Gasteiger partial charge is 0.417 e. The molecule has 5 aromatic heterocycles. The van der Waals surface area contributed by atoms with Gasteiger partial charge in [-0.3, -0.25) is 19.1 Å². The molecule has 2 fully saturated rings. The van der Waals surface area contributed by atoms with Gasteiger partial charge >= 0.3 is 6.18 Å². The van der Waals surface area contributed by atoms with Crippen molar-refractivity contribution < 1.29 is 32.3 Å². The van der Waals surface area contributed by atoms with E-state index in [4.69, 9.17) is 4.42 Å². The molecule has 16 nitrogen and oxygen atoms in total. The standard InChI is InChI=1S/C34H32F3N11O5/c1-3-24-27(44-9-11-45(12-10-44)31(51)26-28(50)18(2)38-17-39-26)32(52)48-33(42-30(43-48)19-14-40-47(15-19)20-4-5-20)46(24)16-25(49)41-23-7-6-22(34(35,36)37)21-8-13-53-29(21)23/h6-8,13-15,17,20,50H,3-5,9-12,16H2,1-2H3,(H,41,49). The fourth-order valence-corrected chi connectivity index (χ4v) is 6.69. The van der Waals surface area contributed by atoms with Crippen LogP contribution in [-0.4, -0.2) is 86.9 Å². The maximum Gasteiger partial charge on any atom is 0.417 e. The van der Waals surface area contributed by atoms with Crippen LogP contribution in [0.15, 0.2) is 52.4 Å². The molecule has 1 saturated carbocycles. The summed E-state index contributed by atoms with van der Waals surface area (Å²) >= 11 is 0. The van der Waals surface area contributed by atoms with Crippen LogP contribution in [0, 0.1) is 6.92 Å². The lowest BCUT2D eigenvalue weighted by molar-refractivity contribution is -0.136. The SMILES string of the molecule is CCc1c(N2CCN(C(=O)c3ncnc(C)c3O)CC2)c(=O)n2nc(-c3cnn(C4CC4)c3)nc2n1CC(=O)Nc1ccc(C(F)(F)F)c2ccoc12. The first-order valence-corrected chi connectivity index (χ1v) is 16.9. The Morgan fingerprint density at radius 3 is 2.58 bits per heavy atom. The predicted octanol–water partition coefficient (Wildman–Crippen LogP) is 3.82. The van der Waals surface area contributed by atoms with Crippen LogP contribution in [0.2, 0.25) is 0 Å². The molecule has 2 amide bonds. The van der Waals surface area contributed by atoms with Crippen molar-refractivity contribution in [3.05, 3.63) is 76.2 Å². The Bertz CT molecular complexity index is 2470. The number of hydrogen-bond donors (Lipinski definition) is 2. The number of aromatic nitrogens is 8. The summed E-state index contributed by atoms with van der Waals surface area (Å²) in [6, 6.07) is 3.50. The largest absolute Gasteiger partial charge is 0.504 e. The molecule has 8 rings (SSSR count). The van der Waals surface area contributed by atoms with Gasteiger partial charge in [0.2, 0.25) is 11.7 Å². The second-order valence-corrected chi connectivity index (χ2v) is 12.9. The van der Waals surface area contributed by atoms with Gasteiger partial charge in [0.1, 0.15) is 18.6 Å². The van der Waals surface area contributed by atoms with E-state index in [2.05, 4.69) is 30.5 Å². The molecule has 0 atom stereocenters. The van der Waals surface area contributed by atoms with E-state index in [9.17, 15) is 32.7 Å². The minimum absolute atomic E-state index is 0.0405. The highest BCUT2D eigenvalue weighted by atomic mass is 19.4. The number of alkyl halides is 3. The molecule has 6 aromatic rings. The lowest BCUT2D eigenvalue weighted by atomic mass is 10.1. The monoisotopic (exact) mass is 731 g/mol. The van der Waals surface area contributed by atoms with Crippen LogP contribution in [0.3, 0.4) is 0 Å². The third-order valence-electron chi connectivity index (χ3n) is 9.53. The Hall–Kier alpha value is -6.27. The van der Waals surface area contributed by atoms with E-state index in [0.29, 0.717) is 17.3 Å². The molecule has 274 valence electrons. The van der Waals surface area contributed by atoms with Gasteiger partial charge in [-0.15, -0.1) is 5.10 Å². The second-order valence-electron chi connectivity index (χ2n) is 12.9. The average molecular weight is 732 g/mol. The average Bonchev–Trinajstić information content (AvgIpc) is 3.48. The summed E-state index contributed by atoms with van der Waals surface area (Å²) in [5.74, 6) is -1.09. The van der Waals surface area contributed by atoms with Crippen LogP contribution in [0.4, 0.5) is 24.5 Å². The lowest BCUT2D eigenvalue weighted by Gasteiger charge is -2.36. The van der Waals surface area contributed by atoms with Crippen LogP contribution in [0.5, 0.6) is 5.75 Å². The molecule has 1 aromatic carbocycles. The van der Waals surface area contributed by atoms with E-state index in [0.717, 1.165) is 35.8 Å². The van der Waals surface area contributed by atoms with E-state index < -0.39 is 29.1 Å². The highest BCUT2D eigenvalue weighted by Crippen LogP contribution is 2.38. The number of rotatable bonds is 8. The second kappa shape index (κ2) is 12.7. The molecule has 6 heterocycles. The Balaban J connectivity index is 1.15. The zero-order valence-corrected chi connectivity index (χ0v) is 28.5. The fourth-order valence-electron chi connectivity index (χ4n) is 6.69. The molecule has 1 saturated heterocycles. The van der Waals surface area contributed by atoms with Crippen LogP contribution in [-0.2, 0) is 23.9 Å². The molecule has 2 N–H and O–H groups in total. The number of aryl methyl sites for hydroxylation is 1. The highest BCUT2D eigenvalue weighted by molar-refractivity contribution is 6.01. The summed E-state index contributed by atoms with van der Waals surface area (Å²) in [5.41, 5.74) is -0.0175. The Kier molecular flexibility index (Phi) is 8.14. The highest BCUT2D eigenvalue weighted by Gasteiger charge is 2.34. The first kappa shape index (κ1) is 33.9. The van der Waals surface area contributed by atoms with Crippen LogP contribution in [0.1, 0.15) is 53.2 Å². The lowest BCUT2D eigenvalue weighted by Crippen LogP contribution is -2.51. The number of carbonyl (C=O) groups excluding carboxylic acids is 2. The van der Waals surface area contributed by atoms with Gasteiger partial charge in [0, 0.05) is 37.8 Å². The zero-order valence-electron chi connectivity index (χ0n) is 28.5. The summed E-state index contributed by atoms with van der Waals surface area (Å²) < 4.78 is 50.8. The molecule has 0 spiro atoms. The third-order valence-corrected chi connectivity index (χ3v) is 9.53. The summed E-state index contributed by atoms with van der Waals surface area (Å²) in [4.78, 5) is 57.2. The number of nitrogens with zero attached hydrogens (tertiary/aromatic N) is 10. The number of amides is 2. The number of carbonyl (C=O) groups is 2. The van der Waals surface area contributed by atoms with Gasteiger partial charge in [-0.2, -0.15) is 27.8 Å². The number of benzene rings is 1. The number of halogens is 3. The number of nitrogens with one attached hydrogen (secondary N) is 1. The van der Waals surface area contributed by atoms with E-state index in [1.165, 1.54) is 17.3 Å². The van der Waals surface area contributed by atoms with E-state index >= 15 is 0 Å². The van der Waals surface area contributed by atoms with Crippen molar-refractivity contribution in [3.63, 3.8) is 0 Å². The number of fused-ring (bicyclic) bond motifs is 2. The molecule has 0 unspecified atom stereocenters. The quantitative estimate of drug-likeness (QED) is 0.232. The molecule has 53 heavy (non-hydrogen) atoms. The van der Waals surface area contributed by atoms with Crippen LogP contribution >= 0.6 is 0 Å². The van der Waals surface area contributed by atoms with Crippen molar-refractivity contribution in [2.24, 2.45) is 0 Å². The Morgan fingerprint density at radius 1 is 1.09 bits per heavy atom. The molecule has 0 bridgehead atoms. The van der Waals surface area contributed by atoms with Crippen molar-refractivity contribution >= 4 is 39.9 Å². The fraction of sp³-hybridized carbons (Fsp3) is 0.353. The summed E-state index contributed by atoms with van der Waals surface area (Å²) in [7, 11) is 0. The van der Waals surface area contributed by atoms with Crippen molar-refractivity contribution in [2.75, 3.05) is 36.4 Å². The maximum atomic E-state index is 14.3. The van der Waals surface area contributed by atoms with Gasteiger partial charge < -0.3 is 29.2 Å². The first-order chi connectivity index (χ1) is 25.4. The van der Waals surface area contributed by atoms with Gasteiger partial charge in [-0.25, -0.2) is 9.97 Å². The number of furan rings is 1. The van der Waals surface area contributed by atoms with Gasteiger partial charge in [-0.1, -0.05) is 6.92 Å². The minimum Gasteiger partial charge on any atom is -0.504 e. The molecule has 19 heteroatoms. The molecule has 0 radical (unpaired) electrons. The maximum absolute atomic E-state index is 14.3. The van der Waals surface area contributed by atoms with Crippen molar-refractivity contribution in [1.82, 2.24) is 43.8 Å². The number of piperazine rings is 1. The van der Waals surface area contributed by atoms with Crippen molar-refractivity contribution in [2.45, 2.75) is 51.9 Å². The Morgan fingerprint density at radius 2 is 1.87 bits per heavy atom. The van der Waals surface area contributed by atoms with Gasteiger partial charge in [0.05, 0.1) is 46.7 Å². The molecule has 1 aliphatic carbocycles. The molecule has 2 aliphatic rings. The van der Waals surface area contributed by atoms with Crippen LogP contribution < -0.4 is 15.8 Å². The molecule has 1 aliphatic heterocycles. The van der Waals surface area contributed by atoms with E-state index in [1.54, 1.807) is 17.7 Å². The minimum atomic E-state index is -4.63. The van der Waals surface area contributed by atoms with Gasteiger partial charge in [-0.05, 0) is 44.4 Å². The first-order valence-electron chi connectivity index (χ1n) is 16.9. The number of hydrogen-bond acceptors (Lipinski definition) is 11. The number of anilines is 2. The Labute approximate surface area is 297 Å². The van der Waals surface area contributed by atoms with Gasteiger partial charge in [0.15, 0.2) is 22.9 Å². The van der Waals surface area contributed by atoms with E-state index in [-0.39, 0.29) is 90.2 Å². The predicted molar refractivity (Wildman–Crippen MR) is 183 cm³/mol. The molecular weight excluding hydrogens is 699 g/mol. The summed E-state index contributed by atoms with van der Waals surface area (Å²) in [5, 5.41) is 21.9. The van der Waals surface area contributed by atoms with Crippen molar-refractivity contribution in [3.8, 4) is 17.1 Å². The topological polar surface area (TPSA) is 182 Å².